The van der Waals surface area contributed by atoms with Crippen LogP contribution in [-0.2, 0) is 0 Å². The van der Waals surface area contributed by atoms with Crippen molar-refractivity contribution in [2.24, 2.45) is 0 Å². The van der Waals surface area contributed by atoms with E-state index in [4.69, 9.17) is 0 Å². The van der Waals surface area contributed by atoms with Gasteiger partial charge in [0, 0.05) is 24.7 Å². The second-order valence-electron chi connectivity index (χ2n) is 7.92. The number of nitrogens with zero attached hydrogens (tertiary/aromatic N) is 4. The van der Waals surface area contributed by atoms with E-state index >= 15 is 0 Å². The van der Waals surface area contributed by atoms with Gasteiger partial charge in [0.2, 0.25) is 5.95 Å². The molecule has 1 aromatic heterocycles. The first-order valence-corrected chi connectivity index (χ1v) is 11.1. The molecule has 2 aromatic rings. The predicted molar refractivity (Wildman–Crippen MR) is 110 cm³/mol. The van der Waals surface area contributed by atoms with Gasteiger partial charge in [-0.25, -0.2) is 0 Å². The summed E-state index contributed by atoms with van der Waals surface area (Å²) in [6, 6.07) is 8.53. The molecule has 1 saturated carbocycles. The van der Waals surface area contributed by atoms with E-state index in [1.54, 1.807) is 0 Å². The third kappa shape index (κ3) is 4.21. The minimum absolute atomic E-state index is 0.153. The Labute approximate surface area is 165 Å². The lowest BCUT2D eigenvalue weighted by molar-refractivity contribution is 0.102. The highest BCUT2D eigenvalue weighted by Crippen LogP contribution is 2.41. The van der Waals surface area contributed by atoms with Crippen molar-refractivity contribution >= 4 is 23.5 Å². The number of Topliss-reactive ketones (excluding diaryl/α,β-unsaturated/α-hetero) is 1. The molecule has 1 aliphatic carbocycles. The Morgan fingerprint density at radius 2 is 1.81 bits per heavy atom. The molecule has 2 heterocycles. The molecule has 0 bridgehead atoms. The van der Waals surface area contributed by atoms with Crippen LogP contribution in [0.5, 0.6) is 0 Å². The zero-order chi connectivity index (χ0) is 18.8. The van der Waals surface area contributed by atoms with Crippen molar-refractivity contribution in [2.75, 3.05) is 23.7 Å². The van der Waals surface area contributed by atoms with Crippen LogP contribution >= 0.6 is 11.8 Å². The van der Waals surface area contributed by atoms with E-state index in [1.807, 2.05) is 12.1 Å². The first kappa shape index (κ1) is 18.5. The molecular formula is C21H28N4OS. The van der Waals surface area contributed by atoms with Gasteiger partial charge in [0.25, 0.3) is 0 Å². The van der Waals surface area contributed by atoms with Crippen LogP contribution in [0.25, 0.3) is 0 Å². The number of carbonyl (C=O) groups is 1. The van der Waals surface area contributed by atoms with Gasteiger partial charge in [0.05, 0.1) is 5.75 Å². The van der Waals surface area contributed by atoms with Crippen molar-refractivity contribution in [1.82, 2.24) is 14.8 Å². The molecule has 144 valence electrons. The van der Waals surface area contributed by atoms with Crippen LogP contribution in [0.1, 0.15) is 73.8 Å². The molecule has 0 spiro atoms. The van der Waals surface area contributed by atoms with E-state index in [0.717, 1.165) is 29.8 Å². The van der Waals surface area contributed by atoms with E-state index in [9.17, 15) is 4.79 Å². The van der Waals surface area contributed by atoms with Crippen molar-refractivity contribution in [2.45, 2.75) is 63.1 Å². The van der Waals surface area contributed by atoms with Crippen molar-refractivity contribution in [3.05, 3.63) is 35.4 Å². The summed E-state index contributed by atoms with van der Waals surface area (Å²) in [5.74, 6) is 2.05. The van der Waals surface area contributed by atoms with Crippen LogP contribution in [-0.4, -0.2) is 39.4 Å². The van der Waals surface area contributed by atoms with Crippen molar-refractivity contribution in [1.29, 1.82) is 0 Å². The van der Waals surface area contributed by atoms with Crippen LogP contribution in [0.15, 0.2) is 29.4 Å². The van der Waals surface area contributed by atoms with E-state index < -0.39 is 0 Å². The SMILES string of the molecule is CC(C)c1ccc(C(=O)CSc2nnc(N3CCCCC3)n2C2CC2)cc1. The van der Waals surface area contributed by atoms with E-state index in [-0.39, 0.29) is 5.78 Å². The minimum atomic E-state index is 0.153. The molecule has 4 rings (SSSR count). The fourth-order valence-corrected chi connectivity index (χ4v) is 4.49. The fourth-order valence-electron chi connectivity index (χ4n) is 3.60. The minimum Gasteiger partial charge on any atom is -0.341 e. The molecule has 6 heteroatoms. The molecule has 1 aromatic carbocycles. The maximum Gasteiger partial charge on any atom is 0.228 e. The number of thioether (sulfide) groups is 1. The van der Waals surface area contributed by atoms with E-state index in [1.165, 1.54) is 49.4 Å². The summed E-state index contributed by atoms with van der Waals surface area (Å²) in [6.45, 7) is 6.46. The van der Waals surface area contributed by atoms with Gasteiger partial charge in [-0.15, -0.1) is 10.2 Å². The second-order valence-corrected chi connectivity index (χ2v) is 8.86. The normalized spacial score (nSPS) is 17.5. The lowest BCUT2D eigenvalue weighted by Gasteiger charge is -2.27. The van der Waals surface area contributed by atoms with E-state index in [0.29, 0.717) is 17.7 Å². The van der Waals surface area contributed by atoms with Gasteiger partial charge >= 0.3 is 0 Å². The van der Waals surface area contributed by atoms with Gasteiger partial charge in [0.15, 0.2) is 10.9 Å². The molecule has 2 aliphatic rings. The average Bonchev–Trinajstić information content (AvgIpc) is 3.45. The number of aromatic nitrogens is 3. The third-order valence-corrected chi connectivity index (χ3v) is 6.37. The molecule has 0 N–H and O–H groups in total. The summed E-state index contributed by atoms with van der Waals surface area (Å²) in [5.41, 5.74) is 2.04. The van der Waals surface area contributed by atoms with Gasteiger partial charge in [-0.1, -0.05) is 49.9 Å². The molecule has 0 unspecified atom stereocenters. The highest BCUT2D eigenvalue weighted by atomic mass is 32.2. The Kier molecular flexibility index (Phi) is 5.53. The maximum atomic E-state index is 12.6. The number of rotatable bonds is 7. The molecule has 27 heavy (non-hydrogen) atoms. The number of hydrogen-bond acceptors (Lipinski definition) is 5. The lowest BCUT2D eigenvalue weighted by atomic mass is 10.0. The molecule has 2 fully saturated rings. The lowest BCUT2D eigenvalue weighted by Crippen LogP contribution is -2.31. The fraction of sp³-hybridized carbons (Fsp3) is 0.571. The van der Waals surface area contributed by atoms with E-state index in [2.05, 4.69) is 45.6 Å². The van der Waals surface area contributed by atoms with Gasteiger partial charge in [-0.3, -0.25) is 9.36 Å². The number of ketones is 1. The standard InChI is InChI=1S/C21H28N4OS/c1-15(2)16-6-8-17(9-7-16)19(26)14-27-21-23-22-20(25(21)18-10-11-18)24-12-4-3-5-13-24/h6-9,15,18H,3-5,10-14H2,1-2H3. The summed E-state index contributed by atoms with van der Waals surface area (Å²) in [5, 5.41) is 9.82. The largest absolute Gasteiger partial charge is 0.341 e. The van der Waals surface area contributed by atoms with Gasteiger partial charge in [-0.2, -0.15) is 0 Å². The molecule has 1 saturated heterocycles. The summed E-state index contributed by atoms with van der Waals surface area (Å²) >= 11 is 1.53. The molecule has 0 radical (unpaired) electrons. The zero-order valence-corrected chi connectivity index (χ0v) is 17.0. The smallest absolute Gasteiger partial charge is 0.228 e. The van der Waals surface area contributed by atoms with Crippen LogP contribution in [0, 0.1) is 0 Å². The number of hydrogen-bond donors (Lipinski definition) is 0. The summed E-state index contributed by atoms with van der Waals surface area (Å²) in [4.78, 5) is 15.0. The Morgan fingerprint density at radius 1 is 1.11 bits per heavy atom. The Bertz CT molecular complexity index is 789. The van der Waals surface area contributed by atoms with Crippen LogP contribution in [0.3, 0.4) is 0 Å². The van der Waals surface area contributed by atoms with Gasteiger partial charge < -0.3 is 4.90 Å². The first-order chi connectivity index (χ1) is 13.1. The summed E-state index contributed by atoms with van der Waals surface area (Å²) in [6.07, 6.45) is 6.14. The summed E-state index contributed by atoms with van der Waals surface area (Å²) in [7, 11) is 0. The van der Waals surface area contributed by atoms with Gasteiger partial charge in [-0.05, 0) is 43.6 Å². The maximum absolute atomic E-state index is 12.6. The van der Waals surface area contributed by atoms with Crippen molar-refractivity contribution in [3.63, 3.8) is 0 Å². The number of piperidine rings is 1. The Balaban J connectivity index is 1.44. The molecule has 5 nitrogen and oxygen atoms in total. The van der Waals surface area contributed by atoms with Crippen LogP contribution in [0.2, 0.25) is 0 Å². The highest BCUT2D eigenvalue weighted by molar-refractivity contribution is 7.99. The monoisotopic (exact) mass is 384 g/mol. The summed E-state index contributed by atoms with van der Waals surface area (Å²) < 4.78 is 2.28. The van der Waals surface area contributed by atoms with Gasteiger partial charge in [0.1, 0.15) is 0 Å². The molecule has 0 atom stereocenters. The Morgan fingerprint density at radius 3 is 2.44 bits per heavy atom. The molecular weight excluding hydrogens is 356 g/mol. The Hall–Kier alpha value is -1.82. The van der Waals surface area contributed by atoms with Crippen LogP contribution in [0.4, 0.5) is 5.95 Å². The van der Waals surface area contributed by atoms with Crippen molar-refractivity contribution < 1.29 is 4.79 Å². The first-order valence-electron chi connectivity index (χ1n) is 10.1. The van der Waals surface area contributed by atoms with Crippen LogP contribution < -0.4 is 4.90 Å². The van der Waals surface area contributed by atoms with Crippen molar-refractivity contribution in [3.8, 4) is 0 Å². The molecule has 1 aliphatic heterocycles. The number of benzene rings is 1. The molecule has 0 amide bonds. The predicted octanol–water partition coefficient (Wildman–Crippen LogP) is 4.70. The average molecular weight is 385 g/mol. The second kappa shape index (κ2) is 8.05. The number of anilines is 1. The third-order valence-electron chi connectivity index (χ3n) is 5.43. The zero-order valence-electron chi connectivity index (χ0n) is 16.2. The quantitative estimate of drug-likeness (QED) is 0.511. The number of carbonyl (C=O) groups excluding carboxylic acids is 1. The highest BCUT2D eigenvalue weighted by Gasteiger charge is 2.32. The topological polar surface area (TPSA) is 51.0 Å².